The molecule has 0 radical (unpaired) electrons. The van der Waals surface area contributed by atoms with Crippen LogP contribution >= 0.6 is 0 Å². The van der Waals surface area contributed by atoms with E-state index in [-0.39, 0.29) is 6.10 Å². The number of nitrogens with one attached hydrogen (secondary N) is 1. The number of benzene rings is 1. The van der Waals surface area contributed by atoms with Gasteiger partial charge in [0.05, 0.1) is 12.1 Å². The van der Waals surface area contributed by atoms with E-state index in [1.807, 2.05) is 18.5 Å². The van der Waals surface area contributed by atoms with Crippen molar-refractivity contribution in [1.29, 1.82) is 0 Å². The van der Waals surface area contributed by atoms with Gasteiger partial charge in [-0.15, -0.1) is 0 Å². The van der Waals surface area contributed by atoms with Gasteiger partial charge in [0.15, 0.2) is 0 Å². The third-order valence-electron chi connectivity index (χ3n) is 5.84. The van der Waals surface area contributed by atoms with Crippen LogP contribution in [0, 0.1) is 5.92 Å². The van der Waals surface area contributed by atoms with Crippen LogP contribution in [-0.2, 0) is 4.74 Å². The zero-order valence-electron chi connectivity index (χ0n) is 14.8. The van der Waals surface area contributed by atoms with Crippen molar-refractivity contribution in [1.82, 2.24) is 4.98 Å². The third-order valence-corrected chi connectivity index (χ3v) is 5.84. The Labute approximate surface area is 154 Å². The van der Waals surface area contributed by atoms with Crippen molar-refractivity contribution in [2.24, 2.45) is 5.92 Å². The molecular formula is C22H24N2O2. The summed E-state index contributed by atoms with van der Waals surface area (Å²) in [6.45, 7) is 1.51. The lowest BCUT2D eigenvalue weighted by Crippen LogP contribution is -2.29. The lowest BCUT2D eigenvalue weighted by Gasteiger charge is -2.37. The fourth-order valence-corrected chi connectivity index (χ4v) is 4.52. The lowest BCUT2D eigenvalue weighted by atomic mass is 9.77. The van der Waals surface area contributed by atoms with Crippen LogP contribution < -0.4 is 10.1 Å². The number of nitrogens with zero attached hydrogens (tertiary/aromatic N) is 1. The number of hydrogen-bond acceptors (Lipinski definition) is 4. The Hall–Kier alpha value is -2.33. The fourth-order valence-electron chi connectivity index (χ4n) is 4.52. The Morgan fingerprint density at radius 2 is 2.27 bits per heavy atom. The maximum absolute atomic E-state index is 6.03. The van der Waals surface area contributed by atoms with E-state index in [2.05, 4.69) is 46.7 Å². The highest BCUT2D eigenvalue weighted by Crippen LogP contribution is 2.50. The predicted molar refractivity (Wildman–Crippen MR) is 101 cm³/mol. The molecule has 0 amide bonds. The molecule has 0 saturated carbocycles. The standard InChI is InChI=1S/C22H24N2O2/c1-6-18-19(7-1)22(15-4-2-10-23-13-15)24-21-9-8-16(12-20(18)21)26-14-17-5-3-11-25-17/h1-2,4,6,8-10,12-13,17-19,22,24H,3,5,7,11,14H2. The van der Waals surface area contributed by atoms with Crippen LogP contribution in [0.4, 0.5) is 5.69 Å². The van der Waals surface area contributed by atoms with Gasteiger partial charge in [-0.2, -0.15) is 0 Å². The number of anilines is 1. The minimum absolute atomic E-state index is 0.248. The van der Waals surface area contributed by atoms with Gasteiger partial charge in [0.2, 0.25) is 0 Å². The van der Waals surface area contributed by atoms with Crippen LogP contribution in [0.5, 0.6) is 5.75 Å². The third kappa shape index (κ3) is 2.88. The first-order chi connectivity index (χ1) is 12.9. The Balaban J connectivity index is 1.40. The van der Waals surface area contributed by atoms with Gasteiger partial charge < -0.3 is 14.8 Å². The number of aromatic nitrogens is 1. The van der Waals surface area contributed by atoms with Gasteiger partial charge in [0.25, 0.3) is 0 Å². The highest BCUT2D eigenvalue weighted by molar-refractivity contribution is 5.61. The van der Waals surface area contributed by atoms with Gasteiger partial charge in [-0.05, 0) is 60.6 Å². The first kappa shape index (κ1) is 15.9. The SMILES string of the molecule is C1=CC2c3cc(OCC4CCCO4)ccc3NC(c3cccnc3)C2C1. The van der Waals surface area contributed by atoms with Crippen LogP contribution in [0.2, 0.25) is 0 Å². The topological polar surface area (TPSA) is 43.4 Å². The molecule has 26 heavy (non-hydrogen) atoms. The van der Waals surface area contributed by atoms with E-state index < -0.39 is 0 Å². The van der Waals surface area contributed by atoms with Crippen LogP contribution in [0.15, 0.2) is 54.9 Å². The molecule has 0 bridgehead atoms. The van der Waals surface area contributed by atoms with Gasteiger partial charge >= 0.3 is 0 Å². The quantitative estimate of drug-likeness (QED) is 0.828. The van der Waals surface area contributed by atoms with E-state index in [0.717, 1.165) is 31.6 Å². The van der Waals surface area contributed by atoms with Gasteiger partial charge in [0.1, 0.15) is 12.4 Å². The minimum Gasteiger partial charge on any atom is -0.491 e. The fraction of sp³-hybridized carbons (Fsp3) is 0.409. The van der Waals surface area contributed by atoms with Crippen molar-refractivity contribution in [3.8, 4) is 5.75 Å². The molecule has 2 aromatic rings. The van der Waals surface area contributed by atoms with Crippen molar-refractivity contribution < 1.29 is 9.47 Å². The molecule has 4 atom stereocenters. The highest BCUT2D eigenvalue weighted by Gasteiger charge is 2.38. The Morgan fingerprint density at radius 3 is 3.12 bits per heavy atom. The Bertz CT molecular complexity index is 799. The first-order valence-electron chi connectivity index (χ1n) is 9.60. The maximum atomic E-state index is 6.03. The number of ether oxygens (including phenoxy) is 2. The summed E-state index contributed by atoms with van der Waals surface area (Å²) < 4.78 is 11.7. The van der Waals surface area contributed by atoms with Gasteiger partial charge in [0, 0.05) is 30.6 Å². The van der Waals surface area contributed by atoms with Crippen molar-refractivity contribution in [2.45, 2.75) is 37.3 Å². The molecule has 1 N–H and O–H groups in total. The van der Waals surface area contributed by atoms with Crippen molar-refractivity contribution in [2.75, 3.05) is 18.5 Å². The highest BCUT2D eigenvalue weighted by atomic mass is 16.5. The molecule has 5 rings (SSSR count). The maximum Gasteiger partial charge on any atom is 0.119 e. The average molecular weight is 348 g/mol. The summed E-state index contributed by atoms with van der Waals surface area (Å²) in [6.07, 6.45) is 12.1. The smallest absolute Gasteiger partial charge is 0.119 e. The van der Waals surface area contributed by atoms with E-state index >= 15 is 0 Å². The zero-order chi connectivity index (χ0) is 17.3. The molecule has 4 nitrogen and oxygen atoms in total. The van der Waals surface area contributed by atoms with Gasteiger partial charge in [-0.3, -0.25) is 4.98 Å². The summed E-state index contributed by atoms with van der Waals surface area (Å²) in [4.78, 5) is 4.31. The average Bonchev–Trinajstić information content (AvgIpc) is 3.38. The second-order valence-electron chi connectivity index (χ2n) is 7.46. The monoisotopic (exact) mass is 348 g/mol. The molecule has 2 aliphatic heterocycles. The summed E-state index contributed by atoms with van der Waals surface area (Å²) in [5, 5.41) is 3.75. The molecule has 3 heterocycles. The van der Waals surface area contributed by atoms with Crippen molar-refractivity contribution >= 4 is 5.69 Å². The molecule has 1 aliphatic carbocycles. The van der Waals surface area contributed by atoms with E-state index in [0.29, 0.717) is 24.5 Å². The second kappa shape index (κ2) is 6.76. The summed E-state index contributed by atoms with van der Waals surface area (Å²) in [6, 6.07) is 10.9. The zero-order valence-corrected chi connectivity index (χ0v) is 14.8. The second-order valence-corrected chi connectivity index (χ2v) is 7.46. The van der Waals surface area contributed by atoms with Crippen molar-refractivity contribution in [3.05, 3.63) is 66.0 Å². The van der Waals surface area contributed by atoms with E-state index in [1.165, 1.54) is 16.8 Å². The van der Waals surface area contributed by atoms with E-state index in [1.54, 1.807) is 0 Å². The first-order valence-corrected chi connectivity index (χ1v) is 9.60. The molecule has 134 valence electrons. The molecule has 3 aliphatic rings. The van der Waals surface area contributed by atoms with Crippen LogP contribution in [0.1, 0.15) is 42.3 Å². The molecule has 4 heteroatoms. The van der Waals surface area contributed by atoms with Crippen LogP contribution in [0.25, 0.3) is 0 Å². The molecule has 1 aromatic carbocycles. The van der Waals surface area contributed by atoms with E-state index in [4.69, 9.17) is 9.47 Å². The molecule has 0 spiro atoms. The summed E-state index contributed by atoms with van der Waals surface area (Å²) in [5.41, 5.74) is 3.81. The molecule has 1 fully saturated rings. The number of rotatable bonds is 4. The summed E-state index contributed by atoms with van der Waals surface area (Å²) in [7, 11) is 0. The van der Waals surface area contributed by atoms with Crippen molar-refractivity contribution in [3.63, 3.8) is 0 Å². The molecule has 4 unspecified atom stereocenters. The number of hydrogen-bond donors (Lipinski definition) is 1. The molecular weight excluding hydrogens is 324 g/mol. The predicted octanol–water partition coefficient (Wildman–Crippen LogP) is 4.47. The van der Waals surface area contributed by atoms with E-state index in [9.17, 15) is 0 Å². The Kier molecular flexibility index (Phi) is 4.13. The van der Waals surface area contributed by atoms with Crippen LogP contribution in [-0.4, -0.2) is 24.3 Å². The lowest BCUT2D eigenvalue weighted by molar-refractivity contribution is 0.0679. The molecule has 1 aromatic heterocycles. The number of fused-ring (bicyclic) bond motifs is 3. The Morgan fingerprint density at radius 1 is 1.27 bits per heavy atom. The largest absolute Gasteiger partial charge is 0.491 e. The van der Waals surface area contributed by atoms with Gasteiger partial charge in [-0.25, -0.2) is 0 Å². The summed E-state index contributed by atoms with van der Waals surface area (Å²) in [5.74, 6) is 1.91. The normalized spacial score (nSPS) is 29.1. The van der Waals surface area contributed by atoms with Gasteiger partial charge in [-0.1, -0.05) is 18.2 Å². The molecule has 1 saturated heterocycles. The number of allylic oxidation sites excluding steroid dienone is 2. The summed E-state index contributed by atoms with van der Waals surface area (Å²) >= 11 is 0. The number of pyridine rings is 1. The van der Waals surface area contributed by atoms with Crippen LogP contribution in [0.3, 0.4) is 0 Å². The minimum atomic E-state index is 0.248.